The van der Waals surface area contributed by atoms with Gasteiger partial charge < -0.3 is 11.1 Å². The lowest BCUT2D eigenvalue weighted by Crippen LogP contribution is -2.41. The van der Waals surface area contributed by atoms with Crippen LogP contribution in [0.5, 0.6) is 0 Å². The first-order valence-electron chi connectivity index (χ1n) is 3.87. The third-order valence-electron chi connectivity index (χ3n) is 1.53. The van der Waals surface area contributed by atoms with E-state index in [0.29, 0.717) is 0 Å². The van der Waals surface area contributed by atoms with Crippen molar-refractivity contribution in [2.75, 3.05) is 12.3 Å². The number of nitrogens with one attached hydrogen (secondary N) is 1. The molecular formula is C6H6F4N4O2. The van der Waals surface area contributed by atoms with Crippen molar-refractivity contribution in [1.29, 1.82) is 0 Å². The summed E-state index contributed by atoms with van der Waals surface area (Å²) in [5.74, 6) is -5.90. The van der Waals surface area contributed by atoms with E-state index in [2.05, 4.69) is 14.9 Å². The second kappa shape index (κ2) is 4.33. The zero-order valence-corrected chi connectivity index (χ0v) is 7.58. The van der Waals surface area contributed by atoms with E-state index in [4.69, 9.17) is 5.73 Å². The van der Waals surface area contributed by atoms with E-state index in [1.54, 1.807) is 0 Å². The van der Waals surface area contributed by atoms with Gasteiger partial charge in [-0.3, -0.25) is 4.79 Å². The molecule has 0 bridgehead atoms. The van der Waals surface area contributed by atoms with Gasteiger partial charge in [0, 0.05) is 0 Å². The van der Waals surface area contributed by atoms with Crippen LogP contribution in [-0.4, -0.2) is 35.1 Å². The highest BCUT2D eigenvalue weighted by Gasteiger charge is 2.41. The summed E-state index contributed by atoms with van der Waals surface area (Å²) in [5.41, 5.74) is 4.54. The molecule has 1 aromatic heterocycles. The molecule has 0 aliphatic heterocycles. The Morgan fingerprint density at radius 1 is 1.50 bits per heavy atom. The number of rotatable bonds is 4. The number of hydrogen-bond donors (Lipinski definition) is 2. The average molecular weight is 242 g/mol. The van der Waals surface area contributed by atoms with E-state index in [-0.39, 0.29) is 0 Å². The van der Waals surface area contributed by atoms with Crippen molar-refractivity contribution in [1.82, 2.24) is 15.6 Å². The minimum absolute atomic E-state index is 0.419. The second-order valence-electron chi connectivity index (χ2n) is 2.74. The number of amides is 1. The number of nitrogens with two attached hydrogens (primary N) is 1. The van der Waals surface area contributed by atoms with Crippen LogP contribution in [0.1, 0.15) is 10.5 Å². The number of carbonyl (C=O) groups excluding carboxylic acids is 1. The van der Waals surface area contributed by atoms with Gasteiger partial charge in [-0.05, 0) is 10.3 Å². The molecule has 0 aliphatic carbocycles. The molecule has 0 saturated heterocycles. The number of alkyl halides is 4. The Morgan fingerprint density at radius 2 is 2.12 bits per heavy atom. The molecule has 90 valence electrons. The van der Waals surface area contributed by atoms with Crippen LogP contribution in [0.15, 0.2) is 4.63 Å². The molecule has 1 aromatic rings. The minimum Gasteiger partial charge on any atom is -0.379 e. The summed E-state index contributed by atoms with van der Waals surface area (Å²) in [6, 6.07) is 0. The number of nitrogen functional groups attached to an aromatic ring is 1. The molecule has 3 N–H and O–H groups in total. The molecule has 1 amide bonds. The Bertz CT molecular complexity index is 380. The molecule has 10 heteroatoms. The highest BCUT2D eigenvalue weighted by atomic mass is 19.3. The van der Waals surface area contributed by atoms with Gasteiger partial charge in [0.2, 0.25) is 11.5 Å². The molecule has 0 aliphatic rings. The zero-order valence-electron chi connectivity index (χ0n) is 7.58. The number of nitrogens with zero attached hydrogens (tertiary/aromatic N) is 2. The maximum Gasteiger partial charge on any atom is 0.324 e. The Morgan fingerprint density at radius 3 is 2.56 bits per heavy atom. The summed E-state index contributed by atoms with van der Waals surface area (Å²) in [6.45, 7) is -1.53. The molecule has 0 unspecified atom stereocenters. The zero-order chi connectivity index (χ0) is 12.3. The van der Waals surface area contributed by atoms with Crippen LogP contribution in [0.4, 0.5) is 23.4 Å². The predicted octanol–water partition coefficient (Wildman–Crippen LogP) is 0.282. The molecule has 0 atom stereocenters. The molecule has 0 spiro atoms. The minimum atomic E-state index is -4.32. The standard InChI is InChI=1S/C6H6F4N4O2/c7-5(8)6(9,10)1-12-4(15)2-3(11)14-16-13-2/h5H,1H2,(H2,11,14)(H,12,15). The lowest BCUT2D eigenvalue weighted by Gasteiger charge is -2.14. The van der Waals surface area contributed by atoms with E-state index in [1.807, 2.05) is 0 Å². The van der Waals surface area contributed by atoms with Crippen molar-refractivity contribution in [3.05, 3.63) is 5.69 Å². The molecule has 0 aromatic carbocycles. The van der Waals surface area contributed by atoms with E-state index >= 15 is 0 Å². The van der Waals surface area contributed by atoms with E-state index in [0.717, 1.165) is 0 Å². The van der Waals surface area contributed by atoms with Crippen molar-refractivity contribution in [2.45, 2.75) is 12.3 Å². The largest absolute Gasteiger partial charge is 0.379 e. The van der Waals surface area contributed by atoms with Crippen molar-refractivity contribution in [3.63, 3.8) is 0 Å². The Hall–Kier alpha value is -1.87. The Labute approximate surface area is 85.7 Å². The second-order valence-corrected chi connectivity index (χ2v) is 2.74. The number of anilines is 1. The fourth-order valence-electron chi connectivity index (χ4n) is 0.712. The quantitative estimate of drug-likeness (QED) is 0.739. The molecule has 0 fully saturated rings. The molecule has 0 saturated carbocycles. The highest BCUT2D eigenvalue weighted by Crippen LogP contribution is 2.21. The predicted molar refractivity (Wildman–Crippen MR) is 42.0 cm³/mol. The summed E-state index contributed by atoms with van der Waals surface area (Å²) >= 11 is 0. The van der Waals surface area contributed by atoms with Gasteiger partial charge in [0.05, 0.1) is 6.54 Å². The van der Waals surface area contributed by atoms with Crippen LogP contribution in [0.2, 0.25) is 0 Å². The summed E-state index contributed by atoms with van der Waals surface area (Å²) in [7, 11) is 0. The molecule has 0 radical (unpaired) electrons. The van der Waals surface area contributed by atoms with Gasteiger partial charge in [0.25, 0.3) is 5.91 Å². The molecular weight excluding hydrogens is 236 g/mol. The fraction of sp³-hybridized carbons (Fsp3) is 0.500. The van der Waals surface area contributed by atoms with E-state index in [9.17, 15) is 22.4 Å². The SMILES string of the molecule is Nc1nonc1C(=O)NCC(F)(F)C(F)F. The molecule has 1 heterocycles. The average Bonchev–Trinajstić information content (AvgIpc) is 2.61. The van der Waals surface area contributed by atoms with Crippen LogP contribution >= 0.6 is 0 Å². The van der Waals surface area contributed by atoms with Gasteiger partial charge >= 0.3 is 12.3 Å². The summed E-state index contributed by atoms with van der Waals surface area (Å²) in [6.07, 6.45) is -3.87. The van der Waals surface area contributed by atoms with Crippen LogP contribution in [-0.2, 0) is 0 Å². The fourth-order valence-corrected chi connectivity index (χ4v) is 0.712. The third-order valence-corrected chi connectivity index (χ3v) is 1.53. The van der Waals surface area contributed by atoms with Crippen LogP contribution in [0, 0.1) is 0 Å². The number of carbonyl (C=O) groups is 1. The van der Waals surface area contributed by atoms with Crippen molar-refractivity contribution >= 4 is 11.7 Å². The topological polar surface area (TPSA) is 94.0 Å². The first-order valence-corrected chi connectivity index (χ1v) is 3.87. The van der Waals surface area contributed by atoms with Gasteiger partial charge in [-0.2, -0.15) is 8.78 Å². The van der Waals surface area contributed by atoms with Crippen molar-refractivity contribution in [3.8, 4) is 0 Å². The maximum atomic E-state index is 12.4. The van der Waals surface area contributed by atoms with Gasteiger partial charge in [0.15, 0.2) is 0 Å². The third kappa shape index (κ3) is 2.58. The van der Waals surface area contributed by atoms with E-state index in [1.165, 1.54) is 5.32 Å². The van der Waals surface area contributed by atoms with Gasteiger partial charge in [-0.25, -0.2) is 13.4 Å². The highest BCUT2D eigenvalue weighted by molar-refractivity contribution is 5.95. The van der Waals surface area contributed by atoms with Gasteiger partial charge in [-0.1, -0.05) is 0 Å². The molecule has 16 heavy (non-hydrogen) atoms. The number of halogens is 4. The normalized spacial score (nSPS) is 11.8. The lowest BCUT2D eigenvalue weighted by atomic mass is 10.3. The monoisotopic (exact) mass is 242 g/mol. The van der Waals surface area contributed by atoms with Crippen LogP contribution in [0.3, 0.4) is 0 Å². The van der Waals surface area contributed by atoms with E-state index < -0.39 is 36.3 Å². The summed E-state index contributed by atoms with van der Waals surface area (Å²) < 4.78 is 52.2. The van der Waals surface area contributed by atoms with Crippen LogP contribution < -0.4 is 11.1 Å². The summed E-state index contributed by atoms with van der Waals surface area (Å²) in [4.78, 5) is 11.1. The first-order chi connectivity index (χ1) is 7.34. The van der Waals surface area contributed by atoms with Gasteiger partial charge in [-0.15, -0.1) is 0 Å². The first kappa shape index (κ1) is 12.2. The molecule has 6 nitrogen and oxygen atoms in total. The maximum absolute atomic E-state index is 12.4. The lowest BCUT2D eigenvalue weighted by molar-refractivity contribution is -0.123. The smallest absolute Gasteiger partial charge is 0.324 e. The van der Waals surface area contributed by atoms with Crippen molar-refractivity contribution < 1.29 is 27.0 Å². The Kier molecular flexibility index (Phi) is 3.30. The number of aromatic nitrogens is 2. The molecule has 1 rings (SSSR count). The summed E-state index contributed by atoms with van der Waals surface area (Å²) in [5, 5.41) is 7.55. The van der Waals surface area contributed by atoms with Gasteiger partial charge in [0.1, 0.15) is 0 Å². The van der Waals surface area contributed by atoms with Crippen LogP contribution in [0.25, 0.3) is 0 Å². The van der Waals surface area contributed by atoms with Crippen molar-refractivity contribution in [2.24, 2.45) is 0 Å². The Balaban J connectivity index is 2.58. The number of hydrogen-bond acceptors (Lipinski definition) is 5.